The van der Waals surface area contributed by atoms with Gasteiger partial charge in [-0.1, -0.05) is 0 Å². The molecule has 0 rings (SSSR count). The Kier molecular flexibility index (Phi) is 11.3. The molecule has 0 aliphatic carbocycles. The molecule has 0 atom stereocenters. The van der Waals surface area contributed by atoms with Gasteiger partial charge in [0, 0.05) is 0 Å². The van der Waals surface area contributed by atoms with Gasteiger partial charge < -0.3 is 0 Å². The van der Waals surface area contributed by atoms with Crippen LogP contribution in [0.1, 0.15) is 39.5 Å². The maximum atomic E-state index is 2.29. The molecule has 0 aliphatic heterocycles. The molecule has 60 valence electrons. The predicted molar refractivity (Wildman–Crippen MR) is 52.8 cm³/mol. The molecule has 0 amide bonds. The molecule has 0 aromatic rings. The van der Waals surface area contributed by atoms with Crippen LogP contribution in [0.2, 0.25) is 4.44 Å². The van der Waals surface area contributed by atoms with Crippen LogP contribution in [0.3, 0.4) is 0 Å². The minimum absolute atomic E-state index is 0.0534. The van der Waals surface area contributed by atoms with E-state index in [9.17, 15) is 0 Å². The van der Waals surface area contributed by atoms with E-state index < -0.39 is 0 Å². The molecule has 0 saturated carbocycles. The molecule has 0 N–H and O–H groups in total. The Bertz CT molecular complexity index is 49.2. The van der Waals surface area contributed by atoms with Crippen molar-refractivity contribution in [2.45, 2.75) is 44.0 Å². The van der Waals surface area contributed by atoms with E-state index in [2.05, 4.69) is 22.8 Å². The zero-order valence-corrected chi connectivity index (χ0v) is 10.8. The molecule has 0 saturated heterocycles. The van der Waals surface area contributed by atoms with Gasteiger partial charge in [-0.2, -0.15) is 0 Å². The van der Waals surface area contributed by atoms with Gasteiger partial charge in [0.15, 0.2) is 0 Å². The molecule has 0 nitrogen and oxygen atoms in total. The summed E-state index contributed by atoms with van der Waals surface area (Å²) >= 11 is 0.0534. The average molecular weight is 265 g/mol. The van der Waals surface area contributed by atoms with Crippen LogP contribution in [-0.2, 0) is 0 Å². The average Bonchev–Trinajstić information content (AvgIpc) is 1.97. The third-order valence-corrected chi connectivity index (χ3v) is 8.49. The number of hydrogen-bond donors (Lipinski definition) is 0. The van der Waals surface area contributed by atoms with Crippen molar-refractivity contribution in [1.29, 1.82) is 0 Å². The first-order valence-electron chi connectivity index (χ1n) is 4.26. The van der Waals surface area contributed by atoms with Gasteiger partial charge in [-0.3, -0.25) is 0 Å². The van der Waals surface area contributed by atoms with Crippen molar-refractivity contribution in [3.63, 3.8) is 0 Å². The fourth-order valence-electron chi connectivity index (χ4n) is 0.610. The van der Waals surface area contributed by atoms with E-state index in [0.29, 0.717) is 0 Å². The summed E-state index contributed by atoms with van der Waals surface area (Å²) in [5.74, 6) is 1.45. The zero-order valence-electron chi connectivity index (χ0n) is 7.15. The standard InChI is InChI=1S/C4H10S.C4H9.Sn/c1-2-3-4-5;1-3-4-2;/h5H,2-4H2,1H3;1,3-4H2,2H3;/q;;+1/p-1. The summed E-state index contributed by atoms with van der Waals surface area (Å²) in [6.45, 7) is 4.56. The molecule has 0 spiro atoms. The van der Waals surface area contributed by atoms with Crippen molar-refractivity contribution < 1.29 is 0 Å². The van der Waals surface area contributed by atoms with Gasteiger partial charge in [-0.05, 0) is 0 Å². The Morgan fingerprint density at radius 3 is 2.40 bits per heavy atom. The topological polar surface area (TPSA) is 0 Å². The van der Waals surface area contributed by atoms with E-state index in [1.54, 1.807) is 4.44 Å². The second-order valence-corrected chi connectivity index (χ2v) is 9.81. The van der Waals surface area contributed by atoms with E-state index >= 15 is 0 Å². The Hall–Kier alpha value is 1.15. The number of rotatable bonds is 7. The van der Waals surface area contributed by atoms with Crippen LogP contribution in [0.25, 0.3) is 0 Å². The van der Waals surface area contributed by atoms with Crippen LogP contribution in [0.15, 0.2) is 0 Å². The summed E-state index contributed by atoms with van der Waals surface area (Å²) in [5, 5.41) is 0. The Balaban J connectivity index is 2.65. The summed E-state index contributed by atoms with van der Waals surface area (Å²) in [4.78, 5) is 0. The quantitative estimate of drug-likeness (QED) is 0.502. The van der Waals surface area contributed by atoms with Gasteiger partial charge in [0.25, 0.3) is 0 Å². The van der Waals surface area contributed by atoms with Crippen LogP contribution < -0.4 is 0 Å². The van der Waals surface area contributed by atoms with Gasteiger partial charge >= 0.3 is 78.4 Å². The van der Waals surface area contributed by atoms with Gasteiger partial charge in [0.1, 0.15) is 0 Å². The van der Waals surface area contributed by atoms with E-state index in [1.807, 2.05) is 0 Å². The third-order valence-electron chi connectivity index (χ3n) is 1.33. The monoisotopic (exact) mass is 266 g/mol. The second kappa shape index (κ2) is 10.1. The van der Waals surface area contributed by atoms with Crippen molar-refractivity contribution in [2.24, 2.45) is 0 Å². The summed E-state index contributed by atoms with van der Waals surface area (Å²) in [6, 6.07) is 0. The minimum atomic E-state index is 0.0534. The van der Waals surface area contributed by atoms with Crippen LogP contribution in [-0.4, -0.2) is 25.5 Å². The normalized spacial score (nSPS) is 10.2. The van der Waals surface area contributed by atoms with Crippen molar-refractivity contribution in [3.05, 3.63) is 0 Å². The molecular formula is C8H18SSn. The van der Waals surface area contributed by atoms with Crippen molar-refractivity contribution in [2.75, 3.05) is 5.75 Å². The van der Waals surface area contributed by atoms with Crippen molar-refractivity contribution >= 4 is 28.7 Å². The molecule has 2 heteroatoms. The molecule has 0 aliphatic rings. The second-order valence-electron chi connectivity index (χ2n) is 2.45. The SMILES string of the molecule is CCCC[S][Sn][CH2]CCC. The number of hydrogen-bond acceptors (Lipinski definition) is 1. The van der Waals surface area contributed by atoms with E-state index in [0.717, 1.165) is 0 Å². The molecule has 2 radical (unpaired) electrons. The molecule has 0 bridgehead atoms. The maximum absolute atomic E-state index is 2.29. The first-order chi connectivity index (χ1) is 4.91. The summed E-state index contributed by atoms with van der Waals surface area (Å²) in [6.07, 6.45) is 5.71. The van der Waals surface area contributed by atoms with Crippen molar-refractivity contribution in [1.82, 2.24) is 0 Å². The molecule has 0 aromatic carbocycles. The summed E-state index contributed by atoms with van der Waals surface area (Å²) < 4.78 is 1.59. The molecule has 0 aromatic heterocycles. The fraction of sp³-hybridized carbons (Fsp3) is 1.00. The molecule has 0 heterocycles. The molecular weight excluding hydrogens is 247 g/mol. The first-order valence-corrected chi connectivity index (χ1v) is 10.8. The zero-order chi connectivity index (χ0) is 7.66. The van der Waals surface area contributed by atoms with E-state index in [1.165, 1.54) is 31.4 Å². The molecule has 10 heavy (non-hydrogen) atoms. The van der Waals surface area contributed by atoms with E-state index in [4.69, 9.17) is 0 Å². The first kappa shape index (κ1) is 11.1. The fourth-order valence-corrected chi connectivity index (χ4v) is 7.43. The summed E-state index contributed by atoms with van der Waals surface area (Å²) in [5.41, 5.74) is 0. The Labute approximate surface area is 78.2 Å². The van der Waals surface area contributed by atoms with Gasteiger partial charge in [-0.25, -0.2) is 0 Å². The molecule has 0 fully saturated rings. The van der Waals surface area contributed by atoms with Crippen LogP contribution in [0.4, 0.5) is 0 Å². The third kappa shape index (κ3) is 9.15. The van der Waals surface area contributed by atoms with Crippen LogP contribution >= 0.6 is 8.95 Å². The van der Waals surface area contributed by atoms with E-state index in [-0.39, 0.29) is 19.8 Å². The summed E-state index contributed by atoms with van der Waals surface area (Å²) in [7, 11) is 2.29. The Morgan fingerprint density at radius 1 is 1.10 bits per heavy atom. The number of unbranched alkanes of at least 4 members (excludes halogenated alkanes) is 2. The van der Waals surface area contributed by atoms with Gasteiger partial charge in [0.2, 0.25) is 0 Å². The molecule has 0 unspecified atom stereocenters. The van der Waals surface area contributed by atoms with Gasteiger partial charge in [-0.15, -0.1) is 0 Å². The van der Waals surface area contributed by atoms with Crippen LogP contribution in [0.5, 0.6) is 0 Å². The Morgan fingerprint density at radius 2 is 1.80 bits per heavy atom. The van der Waals surface area contributed by atoms with Crippen molar-refractivity contribution in [3.8, 4) is 0 Å². The predicted octanol–water partition coefficient (Wildman–Crippen LogP) is 3.36. The van der Waals surface area contributed by atoms with Crippen LogP contribution in [0, 0.1) is 0 Å². The van der Waals surface area contributed by atoms with Gasteiger partial charge in [0.05, 0.1) is 0 Å².